The zero-order chi connectivity index (χ0) is 14.0. The van der Waals surface area contributed by atoms with Crippen LogP contribution in [0.15, 0.2) is 22.7 Å². The van der Waals surface area contributed by atoms with E-state index in [4.69, 9.17) is 16.0 Å². The SMILES string of the molecule is Cc1cc(CNc2cc(C(N)=O)c(N)cc2F)no1. The van der Waals surface area contributed by atoms with Crippen molar-refractivity contribution in [3.05, 3.63) is 41.0 Å². The van der Waals surface area contributed by atoms with Gasteiger partial charge in [-0.05, 0) is 19.1 Å². The summed E-state index contributed by atoms with van der Waals surface area (Å²) >= 11 is 0. The first-order valence-corrected chi connectivity index (χ1v) is 5.52. The first-order chi connectivity index (χ1) is 8.97. The van der Waals surface area contributed by atoms with Crippen LogP contribution >= 0.6 is 0 Å². The predicted octanol–water partition coefficient (Wildman–Crippen LogP) is 1.42. The lowest BCUT2D eigenvalue weighted by Gasteiger charge is -2.09. The number of nitrogens with two attached hydrogens (primary N) is 2. The van der Waals surface area contributed by atoms with Gasteiger partial charge in [0.05, 0.1) is 17.8 Å². The van der Waals surface area contributed by atoms with Gasteiger partial charge in [0, 0.05) is 11.8 Å². The molecule has 0 bridgehead atoms. The maximum Gasteiger partial charge on any atom is 0.250 e. The summed E-state index contributed by atoms with van der Waals surface area (Å²) in [6, 6.07) is 4.05. The van der Waals surface area contributed by atoms with Gasteiger partial charge in [-0.1, -0.05) is 5.16 Å². The Morgan fingerprint density at radius 3 is 2.79 bits per heavy atom. The number of rotatable bonds is 4. The lowest BCUT2D eigenvalue weighted by molar-refractivity contribution is 0.100. The van der Waals surface area contributed by atoms with Crippen molar-refractivity contribution in [2.24, 2.45) is 5.73 Å². The molecule has 0 atom stereocenters. The maximum atomic E-state index is 13.7. The van der Waals surface area contributed by atoms with Gasteiger partial charge in [0.15, 0.2) is 0 Å². The summed E-state index contributed by atoms with van der Waals surface area (Å²) < 4.78 is 18.5. The molecular formula is C12H13FN4O2. The largest absolute Gasteiger partial charge is 0.398 e. The highest BCUT2D eigenvalue weighted by Gasteiger charge is 2.12. The Morgan fingerprint density at radius 1 is 1.47 bits per heavy atom. The van der Waals surface area contributed by atoms with Crippen LogP contribution in [0.4, 0.5) is 15.8 Å². The van der Waals surface area contributed by atoms with E-state index >= 15 is 0 Å². The normalized spacial score (nSPS) is 10.4. The topological polar surface area (TPSA) is 107 Å². The van der Waals surface area contributed by atoms with E-state index in [1.807, 2.05) is 0 Å². The molecule has 0 aliphatic rings. The lowest BCUT2D eigenvalue weighted by atomic mass is 10.1. The highest BCUT2D eigenvalue weighted by atomic mass is 19.1. The number of carbonyl (C=O) groups excluding carboxylic acids is 1. The van der Waals surface area contributed by atoms with Crippen molar-refractivity contribution >= 4 is 17.3 Å². The summed E-state index contributed by atoms with van der Waals surface area (Å²) in [7, 11) is 0. The Kier molecular flexibility index (Phi) is 3.37. The van der Waals surface area contributed by atoms with Crippen molar-refractivity contribution in [2.75, 3.05) is 11.1 Å². The Hall–Kier alpha value is -2.57. The number of carbonyl (C=O) groups is 1. The quantitative estimate of drug-likeness (QED) is 0.724. The molecule has 0 radical (unpaired) electrons. The van der Waals surface area contributed by atoms with Crippen LogP contribution in [0.1, 0.15) is 21.8 Å². The third kappa shape index (κ3) is 2.82. The number of hydrogen-bond acceptors (Lipinski definition) is 5. The first kappa shape index (κ1) is 12.9. The molecule has 0 saturated carbocycles. The number of primary amides is 1. The molecule has 0 unspecified atom stereocenters. The maximum absolute atomic E-state index is 13.7. The molecule has 7 heteroatoms. The lowest BCUT2D eigenvalue weighted by Crippen LogP contribution is -2.15. The van der Waals surface area contributed by atoms with E-state index in [1.165, 1.54) is 6.07 Å². The number of aryl methyl sites for hydroxylation is 1. The first-order valence-electron chi connectivity index (χ1n) is 5.52. The molecule has 0 aliphatic carbocycles. The standard InChI is InChI=1S/C12H13FN4O2/c1-6-2-7(17-19-6)5-16-11-3-8(12(15)18)10(14)4-9(11)13/h2-4,16H,5,14H2,1H3,(H2,15,18). The highest BCUT2D eigenvalue weighted by Crippen LogP contribution is 2.22. The molecule has 6 nitrogen and oxygen atoms in total. The average Bonchev–Trinajstić information content (AvgIpc) is 2.73. The number of anilines is 2. The van der Waals surface area contributed by atoms with Crippen molar-refractivity contribution in [3.8, 4) is 0 Å². The van der Waals surface area contributed by atoms with Gasteiger partial charge in [-0.2, -0.15) is 0 Å². The van der Waals surface area contributed by atoms with Crippen molar-refractivity contribution in [2.45, 2.75) is 13.5 Å². The summed E-state index contributed by atoms with van der Waals surface area (Å²) in [6.07, 6.45) is 0. The second-order valence-electron chi connectivity index (χ2n) is 4.07. The van der Waals surface area contributed by atoms with Crippen molar-refractivity contribution in [1.29, 1.82) is 0 Å². The van der Waals surface area contributed by atoms with Gasteiger partial charge in [-0.25, -0.2) is 4.39 Å². The Bertz CT molecular complexity index is 624. The number of nitrogens with zero attached hydrogens (tertiary/aromatic N) is 1. The molecule has 19 heavy (non-hydrogen) atoms. The van der Waals surface area contributed by atoms with Gasteiger partial charge in [-0.15, -0.1) is 0 Å². The number of nitrogen functional groups attached to an aromatic ring is 1. The minimum atomic E-state index is -0.710. The monoisotopic (exact) mass is 264 g/mol. The van der Waals surface area contributed by atoms with E-state index < -0.39 is 11.7 Å². The van der Waals surface area contributed by atoms with Gasteiger partial charge in [0.1, 0.15) is 17.3 Å². The van der Waals surface area contributed by atoms with Crippen molar-refractivity contribution < 1.29 is 13.7 Å². The second kappa shape index (κ2) is 4.97. The third-order valence-corrected chi connectivity index (χ3v) is 2.54. The summed E-state index contributed by atoms with van der Waals surface area (Å²) in [5.41, 5.74) is 11.5. The van der Waals surface area contributed by atoms with E-state index in [0.717, 1.165) is 6.07 Å². The molecule has 5 N–H and O–H groups in total. The van der Waals surface area contributed by atoms with Gasteiger partial charge in [0.2, 0.25) is 0 Å². The summed E-state index contributed by atoms with van der Waals surface area (Å²) in [6.45, 7) is 2.02. The number of nitrogens with one attached hydrogen (secondary N) is 1. The molecule has 1 amide bonds. The number of hydrogen-bond donors (Lipinski definition) is 3. The van der Waals surface area contributed by atoms with Crippen LogP contribution in [-0.2, 0) is 6.54 Å². The smallest absolute Gasteiger partial charge is 0.250 e. The number of aromatic nitrogens is 1. The number of benzene rings is 1. The summed E-state index contributed by atoms with van der Waals surface area (Å²) in [5.74, 6) is -0.618. The van der Waals surface area contributed by atoms with Crippen LogP contribution in [0.5, 0.6) is 0 Å². The average molecular weight is 264 g/mol. The van der Waals surface area contributed by atoms with E-state index in [-0.39, 0.29) is 23.5 Å². The Balaban J connectivity index is 2.20. The van der Waals surface area contributed by atoms with Crippen LogP contribution in [0.25, 0.3) is 0 Å². The van der Waals surface area contributed by atoms with Crippen LogP contribution in [-0.4, -0.2) is 11.1 Å². The van der Waals surface area contributed by atoms with Crippen LogP contribution in [0.2, 0.25) is 0 Å². The molecular weight excluding hydrogens is 251 g/mol. The third-order valence-electron chi connectivity index (χ3n) is 2.54. The molecule has 2 rings (SSSR count). The van der Waals surface area contributed by atoms with Gasteiger partial charge < -0.3 is 21.3 Å². The van der Waals surface area contributed by atoms with Crippen molar-refractivity contribution in [1.82, 2.24) is 5.16 Å². The Morgan fingerprint density at radius 2 is 2.21 bits per heavy atom. The molecule has 1 aromatic heterocycles. The molecule has 0 fully saturated rings. The zero-order valence-electron chi connectivity index (χ0n) is 10.2. The fraction of sp³-hybridized carbons (Fsp3) is 0.167. The Labute approximate surface area is 108 Å². The molecule has 100 valence electrons. The van der Waals surface area contributed by atoms with E-state index in [1.54, 1.807) is 13.0 Å². The number of amides is 1. The predicted molar refractivity (Wildman–Crippen MR) is 67.9 cm³/mol. The summed E-state index contributed by atoms with van der Waals surface area (Å²) in [4.78, 5) is 11.1. The molecule has 0 saturated heterocycles. The highest BCUT2D eigenvalue weighted by molar-refractivity contribution is 5.99. The van der Waals surface area contributed by atoms with Gasteiger partial charge in [-0.3, -0.25) is 4.79 Å². The van der Waals surface area contributed by atoms with E-state index in [2.05, 4.69) is 10.5 Å². The molecule has 2 aromatic rings. The van der Waals surface area contributed by atoms with Crippen LogP contribution in [0.3, 0.4) is 0 Å². The molecule has 0 spiro atoms. The van der Waals surface area contributed by atoms with Crippen molar-refractivity contribution in [3.63, 3.8) is 0 Å². The minimum absolute atomic E-state index is 0.00725. The fourth-order valence-electron chi connectivity index (χ4n) is 1.62. The second-order valence-corrected chi connectivity index (χ2v) is 4.07. The van der Waals surface area contributed by atoms with Gasteiger partial charge in [0.25, 0.3) is 5.91 Å². The van der Waals surface area contributed by atoms with Gasteiger partial charge >= 0.3 is 0 Å². The molecule has 1 heterocycles. The van der Waals surface area contributed by atoms with Crippen LogP contribution in [0, 0.1) is 12.7 Å². The molecule has 0 aliphatic heterocycles. The minimum Gasteiger partial charge on any atom is -0.398 e. The van der Waals surface area contributed by atoms with Crippen LogP contribution < -0.4 is 16.8 Å². The fourth-order valence-corrected chi connectivity index (χ4v) is 1.62. The van der Waals surface area contributed by atoms with E-state index in [9.17, 15) is 9.18 Å². The molecule has 1 aromatic carbocycles. The summed E-state index contributed by atoms with van der Waals surface area (Å²) in [5, 5.41) is 6.56. The zero-order valence-corrected chi connectivity index (χ0v) is 10.2. The van der Waals surface area contributed by atoms with E-state index in [0.29, 0.717) is 11.5 Å². The number of halogens is 1.